The standard InChI is InChI=1S/C27H17Cl2NO6/c28-16-13-19-22(32)25(23(15-7-2-1-3-8-15)36-24(19)20(29)14-16)35-21(31)11-6-12-30-26(33)17-9-4-5-10-18(17)27(30)34/h1-5,7-10,13-14H,6,11-12H2. The van der Waals surface area contributed by atoms with Crippen molar-refractivity contribution in [3.63, 3.8) is 0 Å². The Morgan fingerprint density at radius 1 is 0.889 bits per heavy atom. The quantitative estimate of drug-likeness (QED) is 0.237. The predicted molar refractivity (Wildman–Crippen MR) is 135 cm³/mol. The fraction of sp³-hybridized carbons (Fsp3) is 0.111. The monoisotopic (exact) mass is 521 g/mol. The van der Waals surface area contributed by atoms with Gasteiger partial charge >= 0.3 is 5.97 Å². The average Bonchev–Trinajstić information content (AvgIpc) is 3.11. The van der Waals surface area contributed by atoms with Crippen LogP contribution in [-0.4, -0.2) is 29.2 Å². The van der Waals surface area contributed by atoms with E-state index in [1.165, 1.54) is 12.1 Å². The summed E-state index contributed by atoms with van der Waals surface area (Å²) in [6.07, 6.45) is 0.0109. The van der Waals surface area contributed by atoms with Crippen molar-refractivity contribution in [3.05, 3.63) is 98.1 Å². The van der Waals surface area contributed by atoms with Crippen LogP contribution in [0.3, 0.4) is 0 Å². The molecule has 1 aliphatic heterocycles. The van der Waals surface area contributed by atoms with Crippen LogP contribution in [0.1, 0.15) is 33.6 Å². The van der Waals surface area contributed by atoms with Crippen molar-refractivity contribution in [2.75, 3.05) is 6.54 Å². The Hall–Kier alpha value is -3.94. The summed E-state index contributed by atoms with van der Waals surface area (Å²) in [5.41, 5.74) is 0.701. The number of rotatable bonds is 6. The van der Waals surface area contributed by atoms with E-state index in [-0.39, 0.29) is 51.9 Å². The summed E-state index contributed by atoms with van der Waals surface area (Å²) in [7, 11) is 0. The van der Waals surface area contributed by atoms with Gasteiger partial charge < -0.3 is 9.15 Å². The fourth-order valence-electron chi connectivity index (χ4n) is 4.07. The van der Waals surface area contributed by atoms with Gasteiger partial charge in [0.1, 0.15) is 0 Å². The maximum Gasteiger partial charge on any atom is 0.311 e. The molecule has 1 aromatic heterocycles. The maximum atomic E-state index is 13.3. The van der Waals surface area contributed by atoms with Gasteiger partial charge in [0.25, 0.3) is 11.8 Å². The van der Waals surface area contributed by atoms with E-state index in [4.69, 9.17) is 32.4 Å². The fourth-order valence-corrected chi connectivity index (χ4v) is 4.60. The first-order valence-corrected chi connectivity index (χ1v) is 11.8. The summed E-state index contributed by atoms with van der Waals surface area (Å²) >= 11 is 12.3. The van der Waals surface area contributed by atoms with Gasteiger partial charge in [0.05, 0.1) is 21.5 Å². The number of halogens is 2. The van der Waals surface area contributed by atoms with Crippen LogP contribution in [0.5, 0.6) is 5.75 Å². The Morgan fingerprint density at radius 2 is 1.53 bits per heavy atom. The van der Waals surface area contributed by atoms with Gasteiger partial charge in [-0.3, -0.25) is 24.1 Å². The maximum absolute atomic E-state index is 13.3. The van der Waals surface area contributed by atoms with E-state index >= 15 is 0 Å². The second kappa shape index (κ2) is 9.60. The van der Waals surface area contributed by atoms with Crippen LogP contribution in [0.15, 0.2) is 75.9 Å². The zero-order valence-corrected chi connectivity index (χ0v) is 20.1. The number of nitrogens with zero attached hydrogens (tertiary/aromatic N) is 1. The molecule has 1 aliphatic rings. The highest BCUT2D eigenvalue weighted by molar-refractivity contribution is 6.38. The average molecular weight is 522 g/mol. The number of carbonyl (C=O) groups is 3. The zero-order valence-electron chi connectivity index (χ0n) is 18.6. The number of esters is 1. The largest absolute Gasteiger partial charge is 0.450 e. The molecule has 0 unspecified atom stereocenters. The van der Waals surface area contributed by atoms with Crippen LogP contribution in [-0.2, 0) is 4.79 Å². The molecule has 2 amide bonds. The van der Waals surface area contributed by atoms with E-state index in [1.54, 1.807) is 54.6 Å². The lowest BCUT2D eigenvalue weighted by molar-refractivity contribution is -0.134. The third-order valence-corrected chi connectivity index (χ3v) is 6.26. The third kappa shape index (κ3) is 4.27. The van der Waals surface area contributed by atoms with Crippen LogP contribution in [0.25, 0.3) is 22.3 Å². The van der Waals surface area contributed by atoms with E-state index in [1.807, 2.05) is 0 Å². The van der Waals surface area contributed by atoms with Crippen molar-refractivity contribution >= 4 is 52.0 Å². The molecule has 180 valence electrons. The number of hydrogen-bond acceptors (Lipinski definition) is 6. The summed E-state index contributed by atoms with van der Waals surface area (Å²) in [5.74, 6) is -1.77. The summed E-state index contributed by atoms with van der Waals surface area (Å²) in [6.45, 7) is 0.0323. The molecule has 0 saturated carbocycles. The van der Waals surface area contributed by atoms with Gasteiger partial charge in [-0.25, -0.2) is 0 Å². The first-order valence-electron chi connectivity index (χ1n) is 11.0. The van der Waals surface area contributed by atoms with Crippen molar-refractivity contribution in [3.8, 4) is 17.1 Å². The molecule has 0 radical (unpaired) electrons. The van der Waals surface area contributed by atoms with Crippen LogP contribution in [0.2, 0.25) is 10.0 Å². The lowest BCUT2D eigenvalue weighted by Crippen LogP contribution is -2.31. The first-order chi connectivity index (χ1) is 17.3. The van der Waals surface area contributed by atoms with Gasteiger partial charge in [0, 0.05) is 23.6 Å². The molecule has 0 aliphatic carbocycles. The van der Waals surface area contributed by atoms with Gasteiger partial charge in [-0.2, -0.15) is 0 Å². The molecular weight excluding hydrogens is 505 g/mol. The third-order valence-electron chi connectivity index (χ3n) is 5.76. The number of amides is 2. The Kier molecular flexibility index (Phi) is 6.35. The molecule has 2 heterocycles. The highest BCUT2D eigenvalue weighted by Crippen LogP contribution is 2.35. The van der Waals surface area contributed by atoms with Crippen molar-refractivity contribution in [1.82, 2.24) is 4.90 Å². The highest BCUT2D eigenvalue weighted by atomic mass is 35.5. The Bertz CT molecular complexity index is 1560. The van der Waals surface area contributed by atoms with Crippen LogP contribution >= 0.6 is 23.2 Å². The van der Waals surface area contributed by atoms with Crippen LogP contribution < -0.4 is 10.2 Å². The molecular formula is C27H17Cl2NO6. The number of imide groups is 1. The molecule has 7 nitrogen and oxygen atoms in total. The zero-order chi connectivity index (χ0) is 25.4. The van der Waals surface area contributed by atoms with Crippen molar-refractivity contribution < 1.29 is 23.5 Å². The Labute approximate surface area is 214 Å². The number of ether oxygens (including phenoxy) is 1. The normalized spacial score (nSPS) is 12.8. The Balaban J connectivity index is 1.38. The van der Waals surface area contributed by atoms with E-state index in [2.05, 4.69) is 0 Å². The molecule has 0 atom stereocenters. The minimum absolute atomic E-state index is 0.0323. The second-order valence-corrected chi connectivity index (χ2v) is 8.95. The molecule has 0 saturated heterocycles. The molecule has 36 heavy (non-hydrogen) atoms. The van der Waals surface area contributed by atoms with E-state index in [9.17, 15) is 19.2 Å². The smallest absolute Gasteiger partial charge is 0.311 e. The molecule has 5 rings (SSSR count). The summed E-state index contributed by atoms with van der Waals surface area (Å²) in [4.78, 5) is 52.2. The number of benzene rings is 3. The number of fused-ring (bicyclic) bond motifs is 2. The summed E-state index contributed by atoms with van der Waals surface area (Å²) < 4.78 is 11.4. The minimum Gasteiger partial charge on any atom is -0.450 e. The Morgan fingerprint density at radius 3 is 2.19 bits per heavy atom. The highest BCUT2D eigenvalue weighted by Gasteiger charge is 2.34. The van der Waals surface area contributed by atoms with Crippen LogP contribution in [0, 0.1) is 0 Å². The second-order valence-electron chi connectivity index (χ2n) is 8.10. The lowest BCUT2D eigenvalue weighted by atomic mass is 10.1. The lowest BCUT2D eigenvalue weighted by Gasteiger charge is -2.14. The van der Waals surface area contributed by atoms with Gasteiger partial charge in [0.2, 0.25) is 11.2 Å². The molecule has 0 fully saturated rings. The van der Waals surface area contributed by atoms with E-state index in [0.29, 0.717) is 16.7 Å². The predicted octanol–water partition coefficient (Wildman–Crippen LogP) is 5.75. The van der Waals surface area contributed by atoms with Crippen molar-refractivity contribution in [2.24, 2.45) is 0 Å². The minimum atomic E-state index is -0.719. The van der Waals surface area contributed by atoms with E-state index in [0.717, 1.165) is 4.90 Å². The first kappa shape index (κ1) is 23.8. The number of hydrogen-bond donors (Lipinski definition) is 0. The molecule has 0 bridgehead atoms. The molecule has 0 spiro atoms. The van der Waals surface area contributed by atoms with Gasteiger partial charge in [0.15, 0.2) is 11.3 Å². The van der Waals surface area contributed by atoms with Crippen molar-refractivity contribution in [2.45, 2.75) is 12.8 Å². The van der Waals surface area contributed by atoms with Gasteiger partial charge in [-0.05, 0) is 30.7 Å². The molecule has 0 N–H and O–H groups in total. The number of carbonyl (C=O) groups excluding carboxylic acids is 3. The summed E-state index contributed by atoms with van der Waals surface area (Å²) in [6, 6.07) is 18.1. The molecule has 9 heteroatoms. The molecule has 4 aromatic rings. The van der Waals surface area contributed by atoms with Crippen LogP contribution in [0.4, 0.5) is 0 Å². The summed E-state index contributed by atoms with van der Waals surface area (Å²) in [5, 5.41) is 0.442. The SMILES string of the molecule is O=C(CCCN1C(=O)c2ccccc2C1=O)Oc1c(-c2ccccc2)oc2c(Cl)cc(Cl)cc2c1=O. The topological polar surface area (TPSA) is 93.9 Å². The molecule has 3 aromatic carbocycles. The van der Waals surface area contributed by atoms with Gasteiger partial charge in [-0.1, -0.05) is 65.7 Å². The van der Waals surface area contributed by atoms with Gasteiger partial charge in [-0.15, -0.1) is 0 Å². The van der Waals surface area contributed by atoms with E-state index < -0.39 is 23.2 Å². The van der Waals surface area contributed by atoms with Crippen molar-refractivity contribution in [1.29, 1.82) is 0 Å².